The number of hydrogen-bond acceptors (Lipinski definition) is 0. The Kier molecular flexibility index (Phi) is 15.0. The van der Waals surface area contributed by atoms with Crippen LogP contribution in [0.4, 0.5) is 0 Å². The normalized spacial score (nSPS) is 12.0. The van der Waals surface area contributed by atoms with Crippen molar-refractivity contribution in [3.05, 3.63) is 437 Å². The molecule has 0 unspecified atom stereocenters. The van der Waals surface area contributed by atoms with E-state index in [1.54, 1.807) is 0 Å². The van der Waals surface area contributed by atoms with Gasteiger partial charge in [0.25, 0.3) is 0 Å². The fourth-order valence-corrected chi connectivity index (χ4v) is 19.8. The van der Waals surface area contributed by atoms with Crippen molar-refractivity contribution in [3.63, 3.8) is 0 Å². The Morgan fingerprint density at radius 2 is 0.317 bits per heavy atom. The zero-order chi connectivity index (χ0) is 78.6. The van der Waals surface area contributed by atoms with Crippen molar-refractivity contribution in [2.45, 2.75) is 0 Å². The van der Waals surface area contributed by atoms with Gasteiger partial charge in [-0.2, -0.15) is 0 Å². The van der Waals surface area contributed by atoms with Gasteiger partial charge in [-0.1, -0.05) is 267 Å². The van der Waals surface area contributed by atoms with E-state index in [0.717, 1.165) is 22.7 Å². The van der Waals surface area contributed by atoms with Gasteiger partial charge >= 0.3 is 0 Å². The Labute approximate surface area is 690 Å². The second-order valence-corrected chi connectivity index (χ2v) is 32.0. The maximum Gasteiger partial charge on any atom is 0.0562 e. The number of hydrogen-bond donors (Lipinski definition) is 0. The highest BCUT2D eigenvalue weighted by Crippen LogP contribution is 2.46. The van der Waals surface area contributed by atoms with Crippen LogP contribution in [0.3, 0.4) is 0 Å². The molecule has 0 saturated carbocycles. The molecule has 26 rings (SSSR count). The van der Waals surface area contributed by atoms with Gasteiger partial charge in [-0.15, -0.1) is 0 Å². The van der Waals surface area contributed by atoms with E-state index in [4.69, 9.17) is 0 Å². The first kappa shape index (κ1) is 67.3. The van der Waals surface area contributed by atoms with Crippen LogP contribution in [0.25, 0.3) is 231 Å². The summed E-state index contributed by atoms with van der Waals surface area (Å²) in [5.41, 5.74) is 28.6. The minimum absolute atomic E-state index is 1.15. The van der Waals surface area contributed by atoms with E-state index in [9.17, 15) is 0 Å². The number of benzene rings is 20. The minimum atomic E-state index is 1.15. The van der Waals surface area contributed by atoms with Gasteiger partial charge in [-0.05, 0) is 236 Å². The molecule has 0 bridgehead atoms. The van der Waals surface area contributed by atoms with Crippen LogP contribution in [0.1, 0.15) is 0 Å². The van der Waals surface area contributed by atoms with E-state index >= 15 is 0 Å². The molecule has 0 fully saturated rings. The second-order valence-electron chi connectivity index (χ2n) is 32.0. The molecule has 20 aromatic carbocycles. The molecule has 6 heterocycles. The lowest BCUT2D eigenvalue weighted by molar-refractivity contribution is 1.16. The van der Waals surface area contributed by atoms with Crippen LogP contribution >= 0.6 is 0 Å². The average Bonchev–Trinajstić information content (AvgIpc) is 1.55. The Bertz CT molecular complexity index is 8710. The largest absolute Gasteiger partial charge is 0.309 e. The lowest BCUT2D eigenvalue weighted by atomic mass is 10.00. The fraction of sp³-hybridized carbons (Fsp3) is 0. The van der Waals surface area contributed by atoms with Gasteiger partial charge in [0.1, 0.15) is 0 Å². The number of fused-ring (bicyclic) bond motifs is 21. The first-order chi connectivity index (χ1) is 59.5. The summed E-state index contributed by atoms with van der Waals surface area (Å²) in [4.78, 5) is 0. The van der Waals surface area contributed by atoms with Crippen molar-refractivity contribution >= 4 is 163 Å². The second kappa shape index (κ2) is 26.8. The Balaban J connectivity index is 0.000000133. The predicted octanol–water partition coefficient (Wildman–Crippen LogP) is 30.4. The summed E-state index contributed by atoms with van der Waals surface area (Å²) < 4.78 is 14.6. The van der Waals surface area contributed by atoms with Crippen molar-refractivity contribution < 1.29 is 0 Å². The Morgan fingerprint density at radius 1 is 0.100 bits per heavy atom. The van der Waals surface area contributed by atoms with E-state index in [0.29, 0.717) is 0 Å². The van der Waals surface area contributed by atoms with Crippen molar-refractivity contribution in [2.24, 2.45) is 0 Å². The van der Waals surface area contributed by atoms with Crippen molar-refractivity contribution in [3.8, 4) is 67.5 Å². The van der Waals surface area contributed by atoms with Gasteiger partial charge in [0, 0.05) is 98.8 Å². The van der Waals surface area contributed by atoms with Crippen molar-refractivity contribution in [2.75, 3.05) is 0 Å². The summed E-state index contributed by atoms with van der Waals surface area (Å²) in [6, 6.07) is 160. The number of aromatic nitrogens is 6. The van der Waals surface area contributed by atoms with E-state index in [2.05, 4.69) is 464 Å². The highest BCUT2D eigenvalue weighted by molar-refractivity contribution is 6.23. The van der Waals surface area contributed by atoms with Gasteiger partial charge in [0.15, 0.2) is 0 Å². The zero-order valence-corrected chi connectivity index (χ0v) is 65.3. The summed E-state index contributed by atoms with van der Waals surface area (Å²) in [7, 11) is 0. The lowest BCUT2D eigenvalue weighted by Gasteiger charge is -2.11. The van der Waals surface area contributed by atoms with E-state index in [1.165, 1.54) is 208 Å². The highest BCUT2D eigenvalue weighted by atomic mass is 15.0. The summed E-state index contributed by atoms with van der Waals surface area (Å²) >= 11 is 0. The SMILES string of the molecule is c1ccc(-c2ccc(-n3c4ccccc4c4cc5c6cc(-c7ccc8c(c7)c7ccccc7n8-c7ccc8ccccc8c7)ccc6n(-c6ccccc6)c5cc43)cc2)cc1.c1ccc(-n2c3ccc(-c4ccc5c(c4)c4ccccc4n5-c4ccc5ccccc5c4)cc3c3cc4c5ccccc5n(-c5ccc6ccccc6c5)c4cc32)cc1. The number of para-hydroxylation sites is 6. The molecule has 0 N–H and O–H groups in total. The molecule has 0 amide bonds. The van der Waals surface area contributed by atoms with Crippen LogP contribution in [0.5, 0.6) is 0 Å². The smallest absolute Gasteiger partial charge is 0.0562 e. The third-order valence-corrected chi connectivity index (χ3v) is 25.4. The van der Waals surface area contributed by atoms with E-state index in [-0.39, 0.29) is 0 Å². The molecule has 6 nitrogen and oxygen atoms in total. The minimum Gasteiger partial charge on any atom is -0.309 e. The first-order valence-electron chi connectivity index (χ1n) is 41.3. The van der Waals surface area contributed by atoms with Gasteiger partial charge in [-0.25, -0.2) is 0 Å². The first-order valence-corrected chi connectivity index (χ1v) is 41.3. The van der Waals surface area contributed by atoms with Crippen molar-refractivity contribution in [1.82, 2.24) is 27.4 Å². The van der Waals surface area contributed by atoms with Crippen LogP contribution in [-0.2, 0) is 0 Å². The van der Waals surface area contributed by atoms with E-state index in [1.807, 2.05) is 0 Å². The van der Waals surface area contributed by atoms with Crippen LogP contribution in [0.2, 0.25) is 0 Å². The maximum atomic E-state index is 2.44. The van der Waals surface area contributed by atoms with Crippen LogP contribution in [-0.4, -0.2) is 27.4 Å². The van der Waals surface area contributed by atoms with Crippen molar-refractivity contribution in [1.29, 1.82) is 0 Å². The van der Waals surface area contributed by atoms with Crippen LogP contribution in [0, 0.1) is 0 Å². The molecule has 0 aliphatic rings. The summed E-state index contributed by atoms with van der Waals surface area (Å²) in [6.45, 7) is 0. The Morgan fingerprint density at radius 3 is 0.658 bits per heavy atom. The molecular formula is C114H72N6. The molecule has 0 radical (unpaired) electrons. The molecule has 120 heavy (non-hydrogen) atoms. The monoisotopic (exact) mass is 1520 g/mol. The van der Waals surface area contributed by atoms with Gasteiger partial charge in [-0.3, -0.25) is 0 Å². The molecule has 0 saturated heterocycles. The zero-order valence-electron chi connectivity index (χ0n) is 65.3. The Hall–Kier alpha value is -16.0. The maximum absolute atomic E-state index is 2.44. The topological polar surface area (TPSA) is 29.6 Å². The molecule has 0 spiro atoms. The molecule has 0 aliphatic heterocycles. The average molecular weight is 1530 g/mol. The van der Waals surface area contributed by atoms with Gasteiger partial charge < -0.3 is 27.4 Å². The molecule has 0 aliphatic carbocycles. The number of rotatable bonds is 9. The summed E-state index contributed by atoms with van der Waals surface area (Å²) in [5, 5.41) is 22.4. The highest BCUT2D eigenvalue weighted by Gasteiger charge is 2.24. The van der Waals surface area contributed by atoms with Gasteiger partial charge in [0.2, 0.25) is 0 Å². The molecule has 26 aromatic rings. The third-order valence-electron chi connectivity index (χ3n) is 25.4. The van der Waals surface area contributed by atoms with Crippen LogP contribution in [0.15, 0.2) is 437 Å². The molecule has 6 aromatic heterocycles. The summed E-state index contributed by atoms with van der Waals surface area (Å²) in [5.74, 6) is 0. The fourth-order valence-electron chi connectivity index (χ4n) is 19.8. The lowest BCUT2D eigenvalue weighted by Crippen LogP contribution is -1.96. The standard InChI is InChI=1S/C58H37N3.C56H35N3/c1-3-13-38(14-4-1)40-23-28-45(29-24-40)60-53-21-11-10-20-48(53)51-36-52-50-35-43(27-32-56(50)59(58(52)37-57(51)60)44-17-5-2-6-18-44)42-26-31-55-49(34-42)47-19-9-12-22-54(47)61(55)46-30-25-39-15-7-8-16-41(39)33-46;1-2-16-42(17-3-1)57-54-29-25-41(40-24-28-53-47(32-40)45-18-8-10-20-51(45)58(53)43-26-22-36-12-4-6-14-38(36)30-43)33-48(54)50-34-49-46-19-9-11-21-52(46)59(55(49)35-56(50)57)44-27-23-37-13-5-7-15-39(37)31-44/h1-37H;1-35H. The molecular weight excluding hydrogens is 1450 g/mol. The quantitative estimate of drug-likeness (QED) is 0.138. The van der Waals surface area contributed by atoms with Gasteiger partial charge in [0.05, 0.1) is 66.2 Å². The van der Waals surface area contributed by atoms with Crippen LogP contribution < -0.4 is 0 Å². The van der Waals surface area contributed by atoms with E-state index < -0.39 is 0 Å². The molecule has 6 heteroatoms. The predicted molar refractivity (Wildman–Crippen MR) is 508 cm³/mol. The summed E-state index contributed by atoms with van der Waals surface area (Å²) in [6.07, 6.45) is 0. The molecule has 0 atom stereocenters. The third kappa shape index (κ3) is 10.5. The molecule has 558 valence electrons. The number of nitrogens with zero attached hydrogens (tertiary/aromatic N) is 6.